The van der Waals surface area contributed by atoms with Crippen LogP contribution in [0.5, 0.6) is 0 Å². The molecule has 0 radical (unpaired) electrons. The fourth-order valence-corrected chi connectivity index (χ4v) is 2.69. The van der Waals surface area contributed by atoms with E-state index < -0.39 is 10.0 Å². The molecular weight excluding hydrogens is 294 g/mol. The molecule has 0 aliphatic carbocycles. The summed E-state index contributed by atoms with van der Waals surface area (Å²) in [4.78, 5) is 13.9. The molecule has 1 fully saturated rings. The molecule has 0 unspecified atom stereocenters. The number of nitrogens with zero attached hydrogens (tertiary/aromatic N) is 4. The second-order valence-corrected chi connectivity index (χ2v) is 6.38. The minimum Gasteiger partial charge on any atom is -0.334 e. The second-order valence-electron chi connectivity index (χ2n) is 4.82. The molecule has 1 aromatic carbocycles. The summed E-state index contributed by atoms with van der Waals surface area (Å²) in [7, 11) is -3.74. The maximum Gasteiger partial charge on any atom is 0.254 e. The SMILES string of the molecule is NS(=O)(=O)c1ccc(C(=O)N2CC(n3ccnn3)C2)cc1. The number of carbonyl (C=O) groups is 1. The summed E-state index contributed by atoms with van der Waals surface area (Å²) in [6.07, 6.45) is 3.35. The zero-order chi connectivity index (χ0) is 15.0. The fraction of sp³-hybridized carbons (Fsp3) is 0.250. The van der Waals surface area contributed by atoms with Gasteiger partial charge in [0.05, 0.1) is 17.1 Å². The lowest BCUT2D eigenvalue weighted by molar-refractivity contribution is 0.0498. The number of sulfonamides is 1. The number of primary sulfonamides is 1. The highest BCUT2D eigenvalue weighted by Crippen LogP contribution is 2.22. The third kappa shape index (κ3) is 2.65. The second kappa shape index (κ2) is 4.93. The van der Waals surface area contributed by atoms with E-state index in [4.69, 9.17) is 5.14 Å². The molecule has 3 rings (SSSR count). The van der Waals surface area contributed by atoms with Crippen LogP contribution in [-0.2, 0) is 10.0 Å². The number of hydrogen-bond acceptors (Lipinski definition) is 5. The molecule has 1 aromatic heterocycles. The number of benzene rings is 1. The first-order valence-corrected chi connectivity index (χ1v) is 7.78. The first-order valence-electron chi connectivity index (χ1n) is 6.23. The summed E-state index contributed by atoms with van der Waals surface area (Å²) in [5.74, 6) is -0.146. The van der Waals surface area contributed by atoms with Gasteiger partial charge in [-0.25, -0.2) is 18.2 Å². The van der Waals surface area contributed by atoms with Gasteiger partial charge in [0.2, 0.25) is 10.0 Å². The van der Waals surface area contributed by atoms with E-state index in [-0.39, 0.29) is 16.8 Å². The Bertz CT molecular complexity index is 749. The van der Waals surface area contributed by atoms with Gasteiger partial charge < -0.3 is 4.90 Å². The number of hydrogen-bond donors (Lipinski definition) is 1. The van der Waals surface area contributed by atoms with Gasteiger partial charge in [-0.05, 0) is 24.3 Å². The summed E-state index contributed by atoms with van der Waals surface area (Å²) >= 11 is 0. The normalized spacial score (nSPS) is 15.8. The number of rotatable bonds is 3. The van der Waals surface area contributed by atoms with E-state index in [9.17, 15) is 13.2 Å². The standard InChI is InChI=1S/C12H13N5O3S/c13-21(19,20)11-3-1-9(2-4-11)12(18)16-7-10(8-16)17-6-5-14-15-17/h1-6,10H,7-8H2,(H2,13,19,20). The highest BCUT2D eigenvalue weighted by atomic mass is 32.2. The number of aromatic nitrogens is 3. The summed E-state index contributed by atoms with van der Waals surface area (Å²) in [6.45, 7) is 1.11. The topological polar surface area (TPSA) is 111 Å². The van der Waals surface area contributed by atoms with Crippen molar-refractivity contribution in [3.05, 3.63) is 42.2 Å². The molecule has 1 aliphatic heterocycles. The van der Waals surface area contributed by atoms with Gasteiger partial charge in [-0.2, -0.15) is 0 Å². The van der Waals surface area contributed by atoms with Crippen LogP contribution >= 0.6 is 0 Å². The maximum absolute atomic E-state index is 12.2. The van der Waals surface area contributed by atoms with E-state index >= 15 is 0 Å². The Balaban J connectivity index is 1.67. The Morgan fingerprint density at radius 2 is 1.90 bits per heavy atom. The Morgan fingerprint density at radius 1 is 1.24 bits per heavy atom. The van der Waals surface area contributed by atoms with E-state index in [1.54, 1.807) is 22.0 Å². The monoisotopic (exact) mass is 307 g/mol. The van der Waals surface area contributed by atoms with Gasteiger partial charge in [-0.15, -0.1) is 5.10 Å². The van der Waals surface area contributed by atoms with Crippen molar-refractivity contribution < 1.29 is 13.2 Å². The van der Waals surface area contributed by atoms with Gasteiger partial charge in [0.25, 0.3) is 5.91 Å². The Labute approximate surface area is 121 Å². The molecule has 2 aromatic rings. The van der Waals surface area contributed by atoms with Crippen LogP contribution in [0, 0.1) is 0 Å². The van der Waals surface area contributed by atoms with E-state index in [0.29, 0.717) is 18.7 Å². The van der Waals surface area contributed by atoms with Gasteiger partial charge >= 0.3 is 0 Å². The molecule has 1 aliphatic rings. The third-order valence-electron chi connectivity index (χ3n) is 3.39. The Hall–Kier alpha value is -2.26. The minimum absolute atomic E-state index is 0.0110. The lowest BCUT2D eigenvalue weighted by Gasteiger charge is -2.38. The summed E-state index contributed by atoms with van der Waals surface area (Å²) in [5, 5.41) is 12.6. The van der Waals surface area contributed by atoms with Crippen molar-refractivity contribution in [2.75, 3.05) is 13.1 Å². The van der Waals surface area contributed by atoms with Crippen LogP contribution in [-0.4, -0.2) is 47.3 Å². The van der Waals surface area contributed by atoms with Crippen molar-refractivity contribution in [1.82, 2.24) is 19.9 Å². The summed E-state index contributed by atoms with van der Waals surface area (Å²) < 4.78 is 24.0. The smallest absolute Gasteiger partial charge is 0.254 e. The number of likely N-dealkylation sites (tertiary alicyclic amines) is 1. The molecule has 0 spiro atoms. The minimum atomic E-state index is -3.74. The summed E-state index contributed by atoms with van der Waals surface area (Å²) in [5.41, 5.74) is 0.430. The Morgan fingerprint density at radius 3 is 2.43 bits per heavy atom. The molecule has 0 atom stereocenters. The van der Waals surface area contributed by atoms with E-state index in [1.807, 2.05) is 0 Å². The van der Waals surface area contributed by atoms with E-state index in [1.165, 1.54) is 24.3 Å². The average molecular weight is 307 g/mol. The zero-order valence-corrected chi connectivity index (χ0v) is 11.8. The van der Waals surface area contributed by atoms with Crippen LogP contribution in [0.25, 0.3) is 0 Å². The molecule has 110 valence electrons. The van der Waals surface area contributed by atoms with Crippen molar-refractivity contribution in [1.29, 1.82) is 0 Å². The van der Waals surface area contributed by atoms with Gasteiger partial charge in [0.1, 0.15) is 0 Å². The molecule has 1 saturated heterocycles. The van der Waals surface area contributed by atoms with Crippen molar-refractivity contribution in [2.24, 2.45) is 5.14 Å². The van der Waals surface area contributed by atoms with E-state index in [2.05, 4.69) is 10.3 Å². The van der Waals surface area contributed by atoms with E-state index in [0.717, 1.165) is 0 Å². The van der Waals surface area contributed by atoms with Gasteiger partial charge in [0, 0.05) is 24.8 Å². The number of amides is 1. The average Bonchev–Trinajstić information content (AvgIpc) is 2.90. The quantitative estimate of drug-likeness (QED) is 0.831. The van der Waals surface area contributed by atoms with Crippen LogP contribution in [0.3, 0.4) is 0 Å². The van der Waals surface area contributed by atoms with Crippen molar-refractivity contribution in [3.63, 3.8) is 0 Å². The molecule has 9 heteroatoms. The lowest BCUT2D eigenvalue weighted by atomic mass is 10.1. The molecule has 21 heavy (non-hydrogen) atoms. The van der Waals surface area contributed by atoms with Crippen LogP contribution in [0.2, 0.25) is 0 Å². The van der Waals surface area contributed by atoms with Crippen LogP contribution in [0.1, 0.15) is 16.4 Å². The first-order chi connectivity index (χ1) is 9.95. The van der Waals surface area contributed by atoms with Gasteiger partial charge in [-0.1, -0.05) is 5.21 Å². The largest absolute Gasteiger partial charge is 0.334 e. The van der Waals surface area contributed by atoms with Gasteiger partial charge in [-0.3, -0.25) is 4.79 Å². The fourth-order valence-electron chi connectivity index (χ4n) is 2.17. The Kier molecular flexibility index (Phi) is 3.22. The molecule has 0 bridgehead atoms. The first kappa shape index (κ1) is 13.7. The number of nitrogens with two attached hydrogens (primary N) is 1. The van der Waals surface area contributed by atoms with Crippen molar-refractivity contribution >= 4 is 15.9 Å². The molecule has 2 heterocycles. The van der Waals surface area contributed by atoms with Crippen LogP contribution < -0.4 is 5.14 Å². The number of carbonyl (C=O) groups excluding carboxylic acids is 1. The van der Waals surface area contributed by atoms with Crippen molar-refractivity contribution in [3.8, 4) is 0 Å². The predicted octanol–water partition coefficient (Wildman–Crippen LogP) is -0.377. The summed E-state index contributed by atoms with van der Waals surface area (Å²) in [6, 6.07) is 5.73. The molecular formula is C12H13N5O3S. The molecule has 2 N–H and O–H groups in total. The molecule has 0 saturated carbocycles. The van der Waals surface area contributed by atoms with Crippen LogP contribution in [0.15, 0.2) is 41.6 Å². The van der Waals surface area contributed by atoms with Crippen LogP contribution in [0.4, 0.5) is 0 Å². The zero-order valence-electron chi connectivity index (χ0n) is 11.0. The highest BCUT2D eigenvalue weighted by molar-refractivity contribution is 7.89. The van der Waals surface area contributed by atoms with Gasteiger partial charge in [0.15, 0.2) is 0 Å². The maximum atomic E-state index is 12.2. The molecule has 1 amide bonds. The molecule has 8 nitrogen and oxygen atoms in total. The highest BCUT2D eigenvalue weighted by Gasteiger charge is 2.32. The van der Waals surface area contributed by atoms with Crippen molar-refractivity contribution in [2.45, 2.75) is 10.9 Å². The predicted molar refractivity (Wildman–Crippen MR) is 72.8 cm³/mol. The third-order valence-corrected chi connectivity index (χ3v) is 4.32. The lowest BCUT2D eigenvalue weighted by Crippen LogP contribution is -2.50.